The molecule has 2 aromatic rings. The number of carbonyl (C=O) groups excluding carboxylic acids is 2. The van der Waals surface area contributed by atoms with Gasteiger partial charge in [0.2, 0.25) is 21.8 Å². The SMILES string of the molecule is CC[C@@H](C)NC(=O)[C@H](CC)N(Cc1ccc(OC)cc1)C(=O)CN(c1cccc([N+](=O)[O-])c1)S(C)(=O)=O. The number of nitrogens with one attached hydrogen (secondary N) is 1. The molecule has 12 heteroatoms. The third-order valence-electron chi connectivity index (χ3n) is 5.91. The Hall–Kier alpha value is -3.67. The predicted molar refractivity (Wildman–Crippen MR) is 141 cm³/mol. The number of non-ortho nitro benzene ring substituents is 1. The Balaban J connectivity index is 2.47. The fraction of sp³-hybridized carbons (Fsp3) is 0.440. The molecule has 0 bridgehead atoms. The number of methoxy groups -OCH3 is 1. The average molecular weight is 535 g/mol. The van der Waals surface area contributed by atoms with E-state index in [1.807, 2.05) is 13.8 Å². The largest absolute Gasteiger partial charge is 0.497 e. The van der Waals surface area contributed by atoms with Gasteiger partial charge < -0.3 is 15.0 Å². The third-order valence-corrected chi connectivity index (χ3v) is 7.05. The van der Waals surface area contributed by atoms with Gasteiger partial charge in [0.25, 0.3) is 5.69 Å². The van der Waals surface area contributed by atoms with Crippen molar-refractivity contribution in [1.82, 2.24) is 10.2 Å². The molecule has 2 rings (SSSR count). The molecule has 0 aliphatic rings. The molecule has 0 unspecified atom stereocenters. The molecule has 0 saturated carbocycles. The van der Waals surface area contributed by atoms with E-state index in [1.165, 1.54) is 30.2 Å². The van der Waals surface area contributed by atoms with E-state index < -0.39 is 33.4 Å². The number of hydrogen-bond donors (Lipinski definition) is 1. The van der Waals surface area contributed by atoms with Gasteiger partial charge in [0.05, 0.1) is 24.0 Å². The number of carbonyl (C=O) groups is 2. The molecule has 0 aliphatic heterocycles. The Bertz CT molecular complexity index is 1200. The summed E-state index contributed by atoms with van der Waals surface area (Å²) in [5.41, 5.74) is 0.379. The van der Waals surface area contributed by atoms with Gasteiger partial charge in [-0.25, -0.2) is 8.42 Å². The lowest BCUT2D eigenvalue weighted by molar-refractivity contribution is -0.384. The topological polar surface area (TPSA) is 139 Å². The highest BCUT2D eigenvalue weighted by atomic mass is 32.2. The van der Waals surface area contributed by atoms with Crippen molar-refractivity contribution in [2.24, 2.45) is 0 Å². The molecule has 0 heterocycles. The average Bonchev–Trinajstić information content (AvgIpc) is 2.86. The standard InChI is InChI=1S/C25H34N4O7S/c1-6-18(3)26-25(31)23(7-2)27(16-19-11-13-22(36-4)14-12-19)24(30)17-28(37(5,34)35)20-9-8-10-21(15-20)29(32)33/h8-15,18,23H,6-7,16-17H2,1-5H3,(H,26,31)/t18-,23+/m1/s1. The number of amides is 2. The van der Waals surface area contributed by atoms with Gasteiger partial charge in [-0.3, -0.25) is 24.0 Å². The predicted octanol–water partition coefficient (Wildman–Crippen LogP) is 3.09. The van der Waals surface area contributed by atoms with Crippen LogP contribution in [0.3, 0.4) is 0 Å². The van der Waals surface area contributed by atoms with E-state index in [0.717, 1.165) is 16.6 Å². The highest BCUT2D eigenvalue weighted by molar-refractivity contribution is 7.92. The van der Waals surface area contributed by atoms with Crippen molar-refractivity contribution in [3.8, 4) is 5.75 Å². The van der Waals surface area contributed by atoms with Crippen molar-refractivity contribution in [3.05, 3.63) is 64.2 Å². The molecule has 0 fully saturated rings. The lowest BCUT2D eigenvalue weighted by Gasteiger charge is -2.33. The Morgan fingerprint density at radius 3 is 2.27 bits per heavy atom. The van der Waals surface area contributed by atoms with Crippen LogP contribution in [0.25, 0.3) is 0 Å². The van der Waals surface area contributed by atoms with Crippen LogP contribution in [0.1, 0.15) is 39.2 Å². The Labute approximate surface area is 217 Å². The van der Waals surface area contributed by atoms with E-state index in [2.05, 4.69) is 5.32 Å². The lowest BCUT2D eigenvalue weighted by atomic mass is 10.1. The van der Waals surface area contributed by atoms with Gasteiger partial charge in [0.15, 0.2) is 0 Å². The summed E-state index contributed by atoms with van der Waals surface area (Å²) in [4.78, 5) is 38.7. The van der Waals surface area contributed by atoms with E-state index in [0.29, 0.717) is 24.2 Å². The molecule has 2 amide bonds. The van der Waals surface area contributed by atoms with Gasteiger partial charge in [0, 0.05) is 24.7 Å². The summed E-state index contributed by atoms with van der Waals surface area (Å²) >= 11 is 0. The number of sulfonamides is 1. The maximum atomic E-state index is 13.7. The van der Waals surface area contributed by atoms with Crippen molar-refractivity contribution in [1.29, 1.82) is 0 Å². The molecule has 0 radical (unpaired) electrons. The second kappa shape index (κ2) is 13.0. The molecule has 0 aliphatic carbocycles. The number of nitrogens with zero attached hydrogens (tertiary/aromatic N) is 3. The smallest absolute Gasteiger partial charge is 0.271 e. The van der Waals surface area contributed by atoms with Crippen LogP contribution < -0.4 is 14.4 Å². The third kappa shape index (κ3) is 8.17. The number of ether oxygens (including phenoxy) is 1. The van der Waals surface area contributed by atoms with E-state index in [-0.39, 0.29) is 29.9 Å². The van der Waals surface area contributed by atoms with Crippen LogP contribution in [-0.2, 0) is 26.2 Å². The summed E-state index contributed by atoms with van der Waals surface area (Å²) in [7, 11) is -2.47. The Morgan fingerprint density at radius 1 is 1.11 bits per heavy atom. The summed E-state index contributed by atoms with van der Waals surface area (Å²) in [5, 5.41) is 14.1. The minimum Gasteiger partial charge on any atom is -0.497 e. The highest BCUT2D eigenvalue weighted by Gasteiger charge is 2.32. The van der Waals surface area contributed by atoms with Gasteiger partial charge in [-0.2, -0.15) is 0 Å². The first-order valence-corrected chi connectivity index (χ1v) is 13.7. The van der Waals surface area contributed by atoms with E-state index >= 15 is 0 Å². The fourth-order valence-corrected chi connectivity index (χ4v) is 4.51. The summed E-state index contributed by atoms with van der Waals surface area (Å²) in [6, 6.07) is 11.0. The molecule has 11 nitrogen and oxygen atoms in total. The molecular weight excluding hydrogens is 500 g/mol. The lowest BCUT2D eigenvalue weighted by Crippen LogP contribution is -2.53. The van der Waals surface area contributed by atoms with Crippen LogP contribution in [0.4, 0.5) is 11.4 Å². The van der Waals surface area contributed by atoms with Gasteiger partial charge in [-0.1, -0.05) is 32.0 Å². The number of nitro groups is 1. The molecule has 0 saturated heterocycles. The second-order valence-electron chi connectivity index (χ2n) is 8.66. The molecule has 2 aromatic carbocycles. The van der Waals surface area contributed by atoms with Gasteiger partial charge in [-0.05, 0) is 43.5 Å². The molecule has 2 atom stereocenters. The number of nitro benzene ring substituents is 1. The van der Waals surface area contributed by atoms with Crippen LogP contribution in [0.2, 0.25) is 0 Å². The quantitative estimate of drug-likeness (QED) is 0.308. The first kappa shape index (κ1) is 29.6. The molecule has 0 aromatic heterocycles. The molecule has 37 heavy (non-hydrogen) atoms. The maximum Gasteiger partial charge on any atom is 0.271 e. The first-order chi connectivity index (χ1) is 17.4. The zero-order valence-corrected chi connectivity index (χ0v) is 22.5. The number of rotatable bonds is 13. The van der Waals surface area contributed by atoms with Crippen LogP contribution in [0, 0.1) is 10.1 Å². The van der Waals surface area contributed by atoms with Crippen LogP contribution in [-0.4, -0.2) is 62.0 Å². The summed E-state index contributed by atoms with van der Waals surface area (Å²) in [5.74, 6) is -0.351. The normalized spacial score (nSPS) is 12.8. The zero-order chi connectivity index (χ0) is 27.8. The number of hydrogen-bond acceptors (Lipinski definition) is 7. The number of benzene rings is 2. The maximum absolute atomic E-state index is 13.7. The molecule has 1 N–H and O–H groups in total. The van der Waals surface area contributed by atoms with Crippen LogP contribution in [0.5, 0.6) is 5.75 Å². The van der Waals surface area contributed by atoms with Crippen LogP contribution in [0.15, 0.2) is 48.5 Å². The zero-order valence-electron chi connectivity index (χ0n) is 21.7. The Kier molecular flexibility index (Phi) is 10.4. The molecule has 202 valence electrons. The second-order valence-corrected chi connectivity index (χ2v) is 10.6. The van der Waals surface area contributed by atoms with Crippen molar-refractivity contribution < 1.29 is 27.7 Å². The van der Waals surface area contributed by atoms with Gasteiger partial charge in [-0.15, -0.1) is 0 Å². The first-order valence-electron chi connectivity index (χ1n) is 11.9. The Morgan fingerprint density at radius 2 is 1.76 bits per heavy atom. The summed E-state index contributed by atoms with van der Waals surface area (Å²) < 4.78 is 31.3. The molecular formula is C25H34N4O7S. The van der Waals surface area contributed by atoms with E-state index in [9.17, 15) is 28.1 Å². The summed E-state index contributed by atoms with van der Waals surface area (Å²) in [6.45, 7) is 4.96. The van der Waals surface area contributed by atoms with Crippen molar-refractivity contribution in [2.75, 3.05) is 24.2 Å². The van der Waals surface area contributed by atoms with Crippen LogP contribution >= 0.6 is 0 Å². The van der Waals surface area contributed by atoms with E-state index in [4.69, 9.17) is 4.74 Å². The van der Waals surface area contributed by atoms with Gasteiger partial charge >= 0.3 is 0 Å². The minimum absolute atomic E-state index is 0.0217. The minimum atomic E-state index is -4.00. The van der Waals surface area contributed by atoms with Gasteiger partial charge in [0.1, 0.15) is 18.3 Å². The number of anilines is 1. The monoisotopic (exact) mass is 534 g/mol. The van der Waals surface area contributed by atoms with E-state index in [1.54, 1.807) is 31.2 Å². The highest BCUT2D eigenvalue weighted by Crippen LogP contribution is 2.24. The van der Waals surface area contributed by atoms with Crippen molar-refractivity contribution >= 4 is 33.2 Å². The summed E-state index contributed by atoms with van der Waals surface area (Å²) in [6.07, 6.45) is 1.91. The fourth-order valence-electron chi connectivity index (χ4n) is 3.66. The molecule has 0 spiro atoms. The van der Waals surface area contributed by atoms with Crippen molar-refractivity contribution in [3.63, 3.8) is 0 Å². The van der Waals surface area contributed by atoms with Crippen molar-refractivity contribution in [2.45, 2.75) is 52.2 Å².